The van der Waals surface area contributed by atoms with Crippen molar-refractivity contribution in [2.24, 2.45) is 7.05 Å². The van der Waals surface area contributed by atoms with Crippen molar-refractivity contribution in [3.8, 4) is 11.5 Å². The van der Waals surface area contributed by atoms with Crippen LogP contribution >= 0.6 is 11.3 Å². The zero-order valence-corrected chi connectivity index (χ0v) is 17.6. The summed E-state index contributed by atoms with van der Waals surface area (Å²) in [6, 6.07) is 7.56. The standard InChI is InChI=1S/C21H25N3O3S/c1-13-6-7-18(19(8-13)26-5)27-11-16-9-20(28-12-16)21(25)23-14(2)17-10-22-24(4)15(17)3/h6-10,12,14H,11H2,1-5H3,(H,23,25). The van der Waals surface area contributed by atoms with Gasteiger partial charge in [0.05, 0.1) is 24.2 Å². The van der Waals surface area contributed by atoms with Crippen LogP contribution in [0.25, 0.3) is 0 Å². The molecule has 0 radical (unpaired) electrons. The average Bonchev–Trinajstić information content (AvgIpc) is 3.28. The van der Waals surface area contributed by atoms with E-state index < -0.39 is 0 Å². The van der Waals surface area contributed by atoms with E-state index in [0.717, 1.165) is 22.4 Å². The SMILES string of the molecule is COc1cc(C)ccc1OCc1csc(C(=O)NC(C)c2cnn(C)c2C)c1. The first kappa shape index (κ1) is 19.9. The minimum atomic E-state index is -0.111. The molecule has 0 saturated heterocycles. The summed E-state index contributed by atoms with van der Waals surface area (Å²) in [5.41, 5.74) is 4.11. The molecule has 28 heavy (non-hydrogen) atoms. The second-order valence-electron chi connectivity index (χ2n) is 6.77. The second-order valence-corrected chi connectivity index (χ2v) is 7.68. The van der Waals surface area contributed by atoms with Crippen LogP contribution in [0.15, 0.2) is 35.8 Å². The van der Waals surface area contributed by atoms with Gasteiger partial charge >= 0.3 is 0 Å². The number of hydrogen-bond acceptors (Lipinski definition) is 5. The van der Waals surface area contributed by atoms with Crippen LogP contribution in [0, 0.1) is 13.8 Å². The van der Waals surface area contributed by atoms with Crippen LogP contribution in [-0.4, -0.2) is 22.8 Å². The highest BCUT2D eigenvalue weighted by Crippen LogP contribution is 2.29. The van der Waals surface area contributed by atoms with Gasteiger partial charge in [-0.25, -0.2) is 0 Å². The lowest BCUT2D eigenvalue weighted by atomic mass is 10.1. The molecule has 3 rings (SSSR count). The zero-order valence-electron chi connectivity index (χ0n) is 16.8. The molecule has 6 nitrogen and oxygen atoms in total. The number of benzene rings is 1. The molecule has 0 bridgehead atoms. The molecule has 0 saturated carbocycles. The van der Waals surface area contributed by atoms with E-state index in [1.165, 1.54) is 11.3 Å². The third kappa shape index (κ3) is 4.36. The number of thiophene rings is 1. The maximum atomic E-state index is 12.6. The fourth-order valence-corrected chi connectivity index (χ4v) is 3.71. The van der Waals surface area contributed by atoms with Crippen molar-refractivity contribution in [2.45, 2.75) is 33.4 Å². The summed E-state index contributed by atoms with van der Waals surface area (Å²) >= 11 is 1.41. The van der Waals surface area contributed by atoms with Crippen molar-refractivity contribution < 1.29 is 14.3 Å². The molecule has 148 valence electrons. The van der Waals surface area contributed by atoms with Gasteiger partial charge in [0.25, 0.3) is 5.91 Å². The van der Waals surface area contributed by atoms with E-state index in [9.17, 15) is 4.79 Å². The Bertz CT molecular complexity index is 977. The minimum Gasteiger partial charge on any atom is -0.493 e. The smallest absolute Gasteiger partial charge is 0.261 e. The van der Waals surface area contributed by atoms with Crippen LogP contribution in [0.4, 0.5) is 0 Å². The van der Waals surface area contributed by atoms with Gasteiger partial charge in [-0.3, -0.25) is 9.48 Å². The monoisotopic (exact) mass is 399 g/mol. The molecular weight excluding hydrogens is 374 g/mol. The van der Waals surface area contributed by atoms with Gasteiger partial charge in [-0.05, 0) is 49.9 Å². The third-order valence-electron chi connectivity index (χ3n) is 4.68. The molecule has 0 aliphatic rings. The van der Waals surface area contributed by atoms with Crippen LogP contribution in [-0.2, 0) is 13.7 Å². The van der Waals surface area contributed by atoms with E-state index in [4.69, 9.17) is 9.47 Å². The van der Waals surface area contributed by atoms with Crippen molar-refractivity contribution in [1.82, 2.24) is 15.1 Å². The van der Waals surface area contributed by atoms with Crippen molar-refractivity contribution in [3.05, 3.63) is 63.1 Å². The van der Waals surface area contributed by atoms with Crippen molar-refractivity contribution in [3.63, 3.8) is 0 Å². The fourth-order valence-electron chi connectivity index (χ4n) is 2.91. The second kappa shape index (κ2) is 8.48. The number of aryl methyl sites for hydroxylation is 2. The number of carbonyl (C=O) groups is 1. The molecule has 2 heterocycles. The summed E-state index contributed by atoms with van der Waals surface area (Å²) in [4.78, 5) is 13.2. The number of rotatable bonds is 7. The number of aromatic nitrogens is 2. The number of nitrogens with one attached hydrogen (secondary N) is 1. The summed E-state index contributed by atoms with van der Waals surface area (Å²) in [6.07, 6.45) is 1.79. The molecule has 1 aromatic carbocycles. The van der Waals surface area contributed by atoms with Crippen molar-refractivity contribution in [2.75, 3.05) is 7.11 Å². The molecule has 1 atom stereocenters. The van der Waals surface area contributed by atoms with Gasteiger partial charge in [-0.15, -0.1) is 11.3 Å². The highest BCUT2D eigenvalue weighted by atomic mass is 32.1. The Hall–Kier alpha value is -2.80. The predicted octanol–water partition coefficient (Wildman–Crippen LogP) is 4.18. The number of ether oxygens (including phenoxy) is 2. The number of amides is 1. The van der Waals surface area contributed by atoms with E-state index in [-0.39, 0.29) is 11.9 Å². The lowest BCUT2D eigenvalue weighted by molar-refractivity contribution is 0.0944. The Balaban J connectivity index is 1.62. The molecule has 0 fully saturated rings. The Morgan fingerprint density at radius 1 is 1.29 bits per heavy atom. The predicted molar refractivity (Wildman–Crippen MR) is 110 cm³/mol. The quantitative estimate of drug-likeness (QED) is 0.647. The number of methoxy groups -OCH3 is 1. The first-order valence-corrected chi connectivity index (χ1v) is 9.91. The van der Waals surface area contributed by atoms with Crippen LogP contribution in [0.2, 0.25) is 0 Å². The van der Waals surface area contributed by atoms with Crippen molar-refractivity contribution >= 4 is 17.2 Å². The van der Waals surface area contributed by atoms with Gasteiger partial charge in [-0.1, -0.05) is 6.07 Å². The third-order valence-corrected chi connectivity index (χ3v) is 5.66. The topological polar surface area (TPSA) is 65.4 Å². The first-order valence-electron chi connectivity index (χ1n) is 9.03. The molecule has 1 amide bonds. The van der Waals surface area contributed by atoms with Crippen LogP contribution < -0.4 is 14.8 Å². The highest BCUT2D eigenvalue weighted by molar-refractivity contribution is 7.12. The van der Waals surface area contributed by atoms with E-state index in [2.05, 4.69) is 10.4 Å². The number of carbonyl (C=O) groups excluding carboxylic acids is 1. The normalized spacial score (nSPS) is 11.9. The Morgan fingerprint density at radius 2 is 2.07 bits per heavy atom. The molecule has 3 aromatic rings. The fraction of sp³-hybridized carbons (Fsp3) is 0.333. The Morgan fingerprint density at radius 3 is 2.75 bits per heavy atom. The molecule has 0 spiro atoms. The maximum Gasteiger partial charge on any atom is 0.261 e. The van der Waals surface area contributed by atoms with Crippen LogP contribution in [0.1, 0.15) is 45.0 Å². The average molecular weight is 400 g/mol. The molecule has 2 aromatic heterocycles. The van der Waals surface area contributed by atoms with Gasteiger partial charge in [0.1, 0.15) is 6.61 Å². The molecule has 0 aliphatic heterocycles. The van der Waals surface area contributed by atoms with Gasteiger partial charge in [0, 0.05) is 23.9 Å². The number of hydrogen-bond donors (Lipinski definition) is 1. The largest absolute Gasteiger partial charge is 0.493 e. The lowest BCUT2D eigenvalue weighted by Crippen LogP contribution is -2.26. The molecule has 1 unspecified atom stereocenters. The van der Waals surface area contributed by atoms with Gasteiger partial charge in [0.2, 0.25) is 0 Å². The zero-order chi connectivity index (χ0) is 20.3. The first-order chi connectivity index (χ1) is 13.4. The molecule has 1 N–H and O–H groups in total. The Labute approximate surface area is 169 Å². The van der Waals surface area contributed by atoms with E-state index in [1.54, 1.807) is 18.0 Å². The summed E-state index contributed by atoms with van der Waals surface area (Å²) in [6.45, 7) is 6.33. The number of nitrogens with zero attached hydrogens (tertiary/aromatic N) is 2. The molecule has 7 heteroatoms. The Kier molecular flexibility index (Phi) is 6.04. The van der Waals surface area contributed by atoms with Crippen LogP contribution in [0.3, 0.4) is 0 Å². The minimum absolute atomic E-state index is 0.0973. The van der Waals surface area contributed by atoms with E-state index in [0.29, 0.717) is 23.0 Å². The lowest BCUT2D eigenvalue weighted by Gasteiger charge is -2.13. The summed E-state index contributed by atoms with van der Waals surface area (Å²) in [5, 5.41) is 9.21. The van der Waals surface area contributed by atoms with E-state index in [1.807, 2.05) is 57.5 Å². The highest BCUT2D eigenvalue weighted by Gasteiger charge is 2.17. The molecule has 0 aliphatic carbocycles. The maximum absolute atomic E-state index is 12.6. The van der Waals surface area contributed by atoms with Gasteiger partial charge in [0.15, 0.2) is 11.5 Å². The van der Waals surface area contributed by atoms with Crippen LogP contribution in [0.5, 0.6) is 11.5 Å². The molecular formula is C21H25N3O3S. The van der Waals surface area contributed by atoms with Crippen molar-refractivity contribution in [1.29, 1.82) is 0 Å². The summed E-state index contributed by atoms with van der Waals surface area (Å²) in [7, 11) is 3.52. The van der Waals surface area contributed by atoms with Gasteiger partial charge in [-0.2, -0.15) is 5.10 Å². The summed E-state index contributed by atoms with van der Waals surface area (Å²) < 4.78 is 13.0. The van der Waals surface area contributed by atoms with E-state index >= 15 is 0 Å². The van der Waals surface area contributed by atoms with Gasteiger partial charge < -0.3 is 14.8 Å². The summed E-state index contributed by atoms with van der Waals surface area (Å²) in [5.74, 6) is 1.29.